The van der Waals surface area contributed by atoms with Crippen LogP contribution in [0.1, 0.15) is 16.1 Å². The van der Waals surface area contributed by atoms with Crippen molar-refractivity contribution >= 4 is 27.5 Å². The summed E-state index contributed by atoms with van der Waals surface area (Å²) >= 11 is 3.24. The van der Waals surface area contributed by atoms with E-state index in [1.54, 1.807) is 6.07 Å². The molecule has 98 valence electrons. The van der Waals surface area contributed by atoms with Gasteiger partial charge in [0, 0.05) is 6.07 Å². The van der Waals surface area contributed by atoms with E-state index in [1.807, 2.05) is 11.9 Å². The first kappa shape index (κ1) is 13.2. The van der Waals surface area contributed by atoms with Gasteiger partial charge in [-0.1, -0.05) is 0 Å². The number of halogens is 1. The van der Waals surface area contributed by atoms with Crippen LogP contribution in [0.15, 0.2) is 32.5 Å². The second-order valence-corrected chi connectivity index (χ2v) is 4.54. The summed E-state index contributed by atoms with van der Waals surface area (Å²) in [6.45, 7) is 1.82. The van der Waals surface area contributed by atoms with Crippen molar-refractivity contribution in [3.05, 3.63) is 55.0 Å². The van der Waals surface area contributed by atoms with Crippen LogP contribution in [0.5, 0.6) is 0 Å². The zero-order chi connectivity index (χ0) is 14.0. The highest BCUT2D eigenvalue weighted by atomic mass is 79.9. The third-order valence-electron chi connectivity index (χ3n) is 2.28. The van der Waals surface area contributed by atoms with E-state index >= 15 is 0 Å². The fourth-order valence-corrected chi connectivity index (χ4v) is 1.63. The van der Waals surface area contributed by atoms with Crippen molar-refractivity contribution in [3.63, 3.8) is 0 Å². The van der Waals surface area contributed by atoms with Gasteiger partial charge in [0.25, 0.3) is 11.5 Å². The van der Waals surface area contributed by atoms with Crippen molar-refractivity contribution in [2.75, 3.05) is 5.32 Å². The van der Waals surface area contributed by atoms with Gasteiger partial charge in [0.2, 0.25) is 0 Å². The molecule has 0 bridgehead atoms. The predicted molar refractivity (Wildman–Crippen MR) is 72.3 cm³/mol. The number of hydrogen-bond donors (Lipinski definition) is 3. The average molecular weight is 325 g/mol. The fourth-order valence-electron chi connectivity index (χ4n) is 1.42. The molecule has 0 aliphatic heterocycles. The van der Waals surface area contributed by atoms with Gasteiger partial charge in [-0.15, -0.1) is 0 Å². The molecule has 0 spiro atoms. The Labute approximate surface area is 115 Å². The van der Waals surface area contributed by atoms with Gasteiger partial charge < -0.3 is 10.3 Å². The van der Waals surface area contributed by atoms with Crippen molar-refractivity contribution in [3.8, 4) is 0 Å². The maximum atomic E-state index is 11.8. The number of carbonyl (C=O) groups is 1. The molecule has 8 heteroatoms. The molecule has 0 unspecified atom stereocenters. The summed E-state index contributed by atoms with van der Waals surface area (Å²) in [5, 5.41) is 2.54. The van der Waals surface area contributed by atoms with Crippen molar-refractivity contribution in [2.24, 2.45) is 0 Å². The molecule has 2 aromatic heterocycles. The highest BCUT2D eigenvalue weighted by molar-refractivity contribution is 9.10. The summed E-state index contributed by atoms with van der Waals surface area (Å²) < 4.78 is 0.676. The van der Waals surface area contributed by atoms with Crippen LogP contribution in [0, 0.1) is 6.92 Å². The van der Waals surface area contributed by atoms with Crippen LogP contribution in [0.3, 0.4) is 0 Å². The maximum Gasteiger partial charge on any atom is 0.326 e. The van der Waals surface area contributed by atoms with E-state index in [0.717, 1.165) is 11.6 Å². The van der Waals surface area contributed by atoms with Gasteiger partial charge in [0.05, 0.1) is 11.9 Å². The summed E-state index contributed by atoms with van der Waals surface area (Å²) in [5.41, 5.74) is -0.180. The summed E-state index contributed by atoms with van der Waals surface area (Å²) in [6, 6.07) is 2.72. The number of pyridine rings is 1. The quantitative estimate of drug-likeness (QED) is 0.709. The lowest BCUT2D eigenvalue weighted by Gasteiger charge is -2.05. The number of H-pyrrole nitrogens is 2. The number of amides is 1. The van der Waals surface area contributed by atoms with Crippen LogP contribution in [-0.2, 0) is 0 Å². The highest BCUT2D eigenvalue weighted by Crippen LogP contribution is 2.16. The van der Waals surface area contributed by atoms with Crippen LogP contribution >= 0.6 is 15.9 Å². The van der Waals surface area contributed by atoms with Gasteiger partial charge in [0.15, 0.2) is 0 Å². The molecule has 0 fully saturated rings. The van der Waals surface area contributed by atoms with E-state index < -0.39 is 17.2 Å². The second-order valence-electron chi connectivity index (χ2n) is 3.79. The first-order chi connectivity index (χ1) is 8.95. The Morgan fingerprint density at radius 2 is 2.05 bits per heavy atom. The Hall–Kier alpha value is -2.22. The summed E-state index contributed by atoms with van der Waals surface area (Å²) in [4.78, 5) is 42.2. The number of nitrogens with zero attached hydrogens (tertiary/aromatic N) is 1. The molecule has 19 heavy (non-hydrogen) atoms. The predicted octanol–water partition coefficient (Wildman–Crippen LogP) is 0.781. The minimum atomic E-state index is -0.734. The molecule has 1 amide bonds. The maximum absolute atomic E-state index is 11.8. The number of rotatable bonds is 2. The Morgan fingerprint density at radius 1 is 1.32 bits per heavy atom. The van der Waals surface area contributed by atoms with Crippen LogP contribution < -0.4 is 16.6 Å². The zero-order valence-corrected chi connectivity index (χ0v) is 11.4. The summed E-state index contributed by atoms with van der Waals surface area (Å²) in [5.74, 6) is -0.591. The lowest BCUT2D eigenvalue weighted by atomic mass is 10.3. The van der Waals surface area contributed by atoms with Crippen LogP contribution in [0.2, 0.25) is 0 Å². The molecule has 0 aromatic carbocycles. The minimum Gasteiger partial charge on any atom is -0.319 e. The van der Waals surface area contributed by atoms with Gasteiger partial charge in [-0.3, -0.25) is 14.6 Å². The molecule has 7 nitrogen and oxygen atoms in total. The lowest BCUT2D eigenvalue weighted by molar-refractivity contribution is 0.102. The number of aryl methyl sites for hydroxylation is 1. The molecular weight excluding hydrogens is 316 g/mol. The topological polar surface area (TPSA) is 108 Å². The largest absolute Gasteiger partial charge is 0.326 e. The number of aromatic amines is 2. The summed E-state index contributed by atoms with van der Waals surface area (Å²) in [7, 11) is 0. The van der Waals surface area contributed by atoms with E-state index in [9.17, 15) is 14.4 Å². The Morgan fingerprint density at radius 3 is 2.68 bits per heavy atom. The van der Waals surface area contributed by atoms with Crippen molar-refractivity contribution in [2.45, 2.75) is 6.92 Å². The molecular formula is C11H9BrN4O3. The number of carbonyl (C=O) groups excluding carboxylic acids is 1. The first-order valence-corrected chi connectivity index (χ1v) is 6.02. The molecule has 3 N–H and O–H groups in total. The van der Waals surface area contributed by atoms with E-state index in [2.05, 4.69) is 31.2 Å². The second kappa shape index (κ2) is 5.19. The number of hydrogen-bond acceptors (Lipinski definition) is 4. The molecule has 0 saturated carbocycles. The third-order valence-corrected chi connectivity index (χ3v) is 3.11. The fraction of sp³-hybridized carbons (Fsp3) is 0.0909. The summed E-state index contributed by atoms with van der Waals surface area (Å²) in [6.07, 6.45) is 1.46. The Kier molecular flexibility index (Phi) is 3.61. The number of aromatic nitrogens is 3. The van der Waals surface area contributed by atoms with E-state index in [0.29, 0.717) is 10.3 Å². The normalized spacial score (nSPS) is 10.2. The number of anilines is 1. The van der Waals surface area contributed by atoms with Gasteiger partial charge in [-0.2, -0.15) is 0 Å². The van der Waals surface area contributed by atoms with Crippen LogP contribution in [-0.4, -0.2) is 20.9 Å². The Balaban J connectivity index is 2.27. The molecule has 0 radical (unpaired) electrons. The number of nitrogens with one attached hydrogen (secondary N) is 3. The molecule has 2 rings (SSSR count). The van der Waals surface area contributed by atoms with Gasteiger partial charge in [0.1, 0.15) is 10.3 Å². The molecule has 0 atom stereocenters. The highest BCUT2D eigenvalue weighted by Gasteiger charge is 2.09. The van der Waals surface area contributed by atoms with Crippen molar-refractivity contribution < 1.29 is 4.79 Å². The molecule has 0 saturated heterocycles. The van der Waals surface area contributed by atoms with Crippen molar-refractivity contribution in [1.29, 1.82) is 0 Å². The molecule has 0 aliphatic rings. The van der Waals surface area contributed by atoms with Gasteiger partial charge >= 0.3 is 5.69 Å². The molecule has 0 aliphatic carbocycles. The van der Waals surface area contributed by atoms with Gasteiger partial charge in [-0.05, 0) is 34.5 Å². The van der Waals surface area contributed by atoms with Crippen LogP contribution in [0.4, 0.5) is 5.69 Å². The van der Waals surface area contributed by atoms with E-state index in [-0.39, 0.29) is 5.69 Å². The molecule has 2 aromatic rings. The standard InChI is InChI=1S/C11H9BrN4O3/c1-5-2-6(4-13-9(5)12)14-10(18)7-3-8(17)16-11(19)15-7/h2-4H,1H3,(H,14,18)(H2,15,16,17,19). The van der Waals surface area contributed by atoms with Crippen molar-refractivity contribution in [1.82, 2.24) is 15.0 Å². The average Bonchev–Trinajstić information content (AvgIpc) is 2.32. The minimum absolute atomic E-state index is 0.116. The SMILES string of the molecule is Cc1cc(NC(=O)c2cc(=O)[nH]c(=O)[nH]2)cnc1Br. The monoisotopic (exact) mass is 324 g/mol. The lowest BCUT2D eigenvalue weighted by Crippen LogP contribution is -2.27. The Bertz CT molecular complexity index is 722. The molecule has 2 heterocycles. The van der Waals surface area contributed by atoms with E-state index in [1.165, 1.54) is 6.20 Å². The zero-order valence-electron chi connectivity index (χ0n) is 9.78. The van der Waals surface area contributed by atoms with Gasteiger partial charge in [-0.25, -0.2) is 9.78 Å². The first-order valence-electron chi connectivity index (χ1n) is 5.23. The third kappa shape index (κ3) is 3.16. The smallest absolute Gasteiger partial charge is 0.319 e. The van der Waals surface area contributed by atoms with E-state index in [4.69, 9.17) is 0 Å². The van der Waals surface area contributed by atoms with Crippen LogP contribution in [0.25, 0.3) is 0 Å².